The van der Waals surface area contributed by atoms with Crippen LogP contribution in [0.2, 0.25) is 0 Å². The van der Waals surface area contributed by atoms with Crippen molar-refractivity contribution >= 4 is 0 Å². The van der Waals surface area contributed by atoms with E-state index in [2.05, 4.69) is 19.1 Å². The molecule has 1 saturated carbocycles. The van der Waals surface area contributed by atoms with E-state index in [1.807, 2.05) is 12.1 Å². The highest BCUT2D eigenvalue weighted by Gasteiger charge is 2.20. The first-order valence-corrected chi connectivity index (χ1v) is 10.7. The lowest BCUT2D eigenvalue weighted by Gasteiger charge is -2.28. The van der Waals surface area contributed by atoms with Crippen LogP contribution in [-0.4, -0.2) is 0 Å². The summed E-state index contributed by atoms with van der Waals surface area (Å²) in [6.07, 6.45) is 13.5. The number of hydrogen-bond acceptors (Lipinski definition) is 0. The molecule has 0 atom stereocenters. The summed E-state index contributed by atoms with van der Waals surface area (Å²) >= 11 is 0. The molecule has 1 aliphatic carbocycles. The molecule has 2 aromatic carbocycles. The summed E-state index contributed by atoms with van der Waals surface area (Å²) in [5.74, 6) is 0.780. The normalized spacial score (nSPS) is 20.0. The van der Waals surface area contributed by atoms with Crippen LogP contribution in [0.25, 0.3) is 11.1 Å². The Morgan fingerprint density at radius 3 is 1.93 bits per heavy atom. The number of unbranched alkanes of at least 4 members (excludes halogenated alkanes) is 2. The molecule has 2 aromatic rings. The molecule has 0 unspecified atom stereocenters. The predicted molar refractivity (Wildman–Crippen MR) is 110 cm³/mol. The Hall–Kier alpha value is -1.70. The molecule has 0 saturated heterocycles. The van der Waals surface area contributed by atoms with E-state index < -0.39 is 11.6 Å². The van der Waals surface area contributed by atoms with Crippen LogP contribution in [0.15, 0.2) is 42.5 Å². The maximum absolute atomic E-state index is 13.4. The zero-order valence-corrected chi connectivity index (χ0v) is 16.5. The summed E-state index contributed by atoms with van der Waals surface area (Å²) in [4.78, 5) is 0. The Kier molecular flexibility index (Phi) is 7.43. The molecule has 0 N–H and O–H groups in total. The summed E-state index contributed by atoms with van der Waals surface area (Å²) in [6.45, 7) is 2.28. The predicted octanol–water partition coefficient (Wildman–Crippen LogP) is 7.95. The molecule has 0 bridgehead atoms. The first-order valence-electron chi connectivity index (χ1n) is 10.7. The molecular weight excluding hydrogens is 338 g/mol. The van der Waals surface area contributed by atoms with Crippen molar-refractivity contribution < 1.29 is 8.78 Å². The lowest BCUT2D eigenvalue weighted by atomic mass is 9.78. The van der Waals surface area contributed by atoms with Crippen molar-refractivity contribution in [2.24, 2.45) is 11.8 Å². The second-order valence-electron chi connectivity index (χ2n) is 8.28. The summed E-state index contributed by atoms with van der Waals surface area (Å²) < 4.78 is 26.8. The quantitative estimate of drug-likeness (QED) is 0.414. The highest BCUT2D eigenvalue weighted by atomic mass is 19.1. The van der Waals surface area contributed by atoms with Crippen LogP contribution >= 0.6 is 0 Å². The highest BCUT2D eigenvalue weighted by Crippen LogP contribution is 2.34. The summed E-state index contributed by atoms with van der Waals surface area (Å²) in [6, 6.07) is 11.9. The van der Waals surface area contributed by atoms with E-state index in [4.69, 9.17) is 0 Å². The minimum Gasteiger partial charge on any atom is -0.207 e. The summed E-state index contributed by atoms with van der Waals surface area (Å²) in [7, 11) is 0. The molecule has 2 heteroatoms. The Balaban J connectivity index is 1.45. The molecule has 0 radical (unpaired) electrons. The van der Waals surface area contributed by atoms with E-state index >= 15 is 0 Å². The van der Waals surface area contributed by atoms with Gasteiger partial charge < -0.3 is 0 Å². The number of benzene rings is 2. The highest BCUT2D eigenvalue weighted by molar-refractivity contribution is 5.63. The Labute approximate surface area is 163 Å². The van der Waals surface area contributed by atoms with E-state index in [-0.39, 0.29) is 0 Å². The van der Waals surface area contributed by atoms with Crippen LogP contribution < -0.4 is 0 Å². The van der Waals surface area contributed by atoms with E-state index in [1.165, 1.54) is 75.5 Å². The van der Waals surface area contributed by atoms with Gasteiger partial charge in [-0.2, -0.15) is 0 Å². The number of aryl methyl sites for hydroxylation is 1. The van der Waals surface area contributed by atoms with Gasteiger partial charge in [-0.05, 0) is 53.5 Å². The lowest BCUT2D eigenvalue weighted by Crippen LogP contribution is -2.15. The van der Waals surface area contributed by atoms with Crippen molar-refractivity contribution in [2.45, 2.75) is 71.1 Å². The van der Waals surface area contributed by atoms with Crippen LogP contribution in [0.5, 0.6) is 0 Å². The summed E-state index contributed by atoms with van der Waals surface area (Å²) in [5.41, 5.74) is 2.78. The third-order valence-electron chi connectivity index (χ3n) is 6.17. The number of hydrogen-bond donors (Lipinski definition) is 0. The van der Waals surface area contributed by atoms with Gasteiger partial charge in [-0.25, -0.2) is 8.78 Å². The van der Waals surface area contributed by atoms with Gasteiger partial charge in [0.1, 0.15) is 11.6 Å². The van der Waals surface area contributed by atoms with Crippen LogP contribution in [0, 0.1) is 23.5 Å². The van der Waals surface area contributed by atoms with Crippen molar-refractivity contribution in [2.75, 3.05) is 0 Å². The van der Waals surface area contributed by atoms with Crippen molar-refractivity contribution in [1.29, 1.82) is 0 Å². The molecule has 1 aliphatic rings. The monoisotopic (exact) mass is 370 g/mol. The largest absolute Gasteiger partial charge is 0.207 e. The van der Waals surface area contributed by atoms with Crippen molar-refractivity contribution in [3.8, 4) is 11.1 Å². The molecule has 146 valence electrons. The molecule has 1 fully saturated rings. The lowest BCUT2D eigenvalue weighted by molar-refractivity contribution is 0.249. The fraction of sp³-hybridized carbons (Fsp3) is 0.520. The van der Waals surface area contributed by atoms with Crippen LogP contribution in [0.4, 0.5) is 8.78 Å². The van der Waals surface area contributed by atoms with Gasteiger partial charge in [-0.1, -0.05) is 82.6 Å². The SMILES string of the molecule is CCCCCC1CCC(CCc2ccc(-c3cc(F)cc(F)c3)cc2)CC1. The van der Waals surface area contributed by atoms with E-state index in [1.54, 1.807) is 0 Å². The van der Waals surface area contributed by atoms with E-state index in [9.17, 15) is 8.78 Å². The number of rotatable bonds is 8. The maximum Gasteiger partial charge on any atom is 0.126 e. The second-order valence-corrected chi connectivity index (χ2v) is 8.28. The zero-order valence-electron chi connectivity index (χ0n) is 16.5. The Bertz CT molecular complexity index is 677. The Morgan fingerprint density at radius 1 is 0.741 bits per heavy atom. The van der Waals surface area contributed by atoms with Gasteiger partial charge in [-0.3, -0.25) is 0 Å². The fourth-order valence-electron chi connectivity index (χ4n) is 4.45. The molecular formula is C25H32F2. The standard InChI is InChI=1S/C25H32F2/c1-2-3-4-5-19-6-8-20(9-7-19)10-11-21-12-14-22(15-13-21)23-16-24(26)18-25(27)17-23/h12-20H,2-11H2,1H3. The Morgan fingerprint density at radius 2 is 1.33 bits per heavy atom. The third-order valence-corrected chi connectivity index (χ3v) is 6.17. The number of halogens is 2. The molecule has 0 heterocycles. The smallest absolute Gasteiger partial charge is 0.126 e. The molecule has 27 heavy (non-hydrogen) atoms. The van der Waals surface area contributed by atoms with Crippen molar-refractivity contribution in [3.63, 3.8) is 0 Å². The minimum absolute atomic E-state index is 0.528. The van der Waals surface area contributed by atoms with Gasteiger partial charge in [0, 0.05) is 6.07 Å². The van der Waals surface area contributed by atoms with Gasteiger partial charge in [0.15, 0.2) is 0 Å². The van der Waals surface area contributed by atoms with Crippen LogP contribution in [0.1, 0.15) is 70.3 Å². The van der Waals surface area contributed by atoms with Gasteiger partial charge in [0.2, 0.25) is 0 Å². The van der Waals surface area contributed by atoms with Crippen molar-refractivity contribution in [1.82, 2.24) is 0 Å². The zero-order chi connectivity index (χ0) is 19.1. The molecule has 0 amide bonds. The molecule has 0 aliphatic heterocycles. The minimum atomic E-state index is -0.528. The fourth-order valence-corrected chi connectivity index (χ4v) is 4.45. The topological polar surface area (TPSA) is 0 Å². The third kappa shape index (κ3) is 6.16. The van der Waals surface area contributed by atoms with E-state index in [0.29, 0.717) is 5.56 Å². The first kappa shape index (κ1) is 20.0. The maximum atomic E-state index is 13.4. The van der Waals surface area contributed by atoms with Crippen LogP contribution in [-0.2, 0) is 6.42 Å². The van der Waals surface area contributed by atoms with E-state index in [0.717, 1.165) is 29.9 Å². The average Bonchev–Trinajstić information content (AvgIpc) is 2.67. The van der Waals surface area contributed by atoms with Gasteiger partial charge >= 0.3 is 0 Å². The van der Waals surface area contributed by atoms with Gasteiger partial charge in [0.25, 0.3) is 0 Å². The van der Waals surface area contributed by atoms with Gasteiger partial charge in [0.05, 0.1) is 0 Å². The first-order chi connectivity index (χ1) is 13.1. The molecule has 0 nitrogen and oxygen atoms in total. The molecule has 0 spiro atoms. The van der Waals surface area contributed by atoms with Gasteiger partial charge in [-0.15, -0.1) is 0 Å². The van der Waals surface area contributed by atoms with Crippen LogP contribution in [0.3, 0.4) is 0 Å². The second kappa shape index (κ2) is 10.0. The summed E-state index contributed by atoms with van der Waals surface area (Å²) in [5, 5.41) is 0. The molecule has 3 rings (SSSR count). The molecule has 0 aromatic heterocycles. The van der Waals surface area contributed by atoms with Crippen molar-refractivity contribution in [3.05, 3.63) is 59.7 Å². The average molecular weight is 371 g/mol.